The molecule has 0 aromatic heterocycles. The van der Waals surface area contributed by atoms with Gasteiger partial charge in [-0.1, -0.05) is 37.8 Å². The Bertz CT molecular complexity index is 81.0. The van der Waals surface area contributed by atoms with E-state index in [1.54, 1.807) is 0 Å². The van der Waals surface area contributed by atoms with Crippen LogP contribution in [-0.2, 0) is 0 Å². The van der Waals surface area contributed by atoms with Crippen LogP contribution in [0.5, 0.6) is 0 Å². The molecule has 0 aromatic rings. The Morgan fingerprint density at radius 1 is 1.33 bits per heavy atom. The van der Waals surface area contributed by atoms with Gasteiger partial charge in [-0.15, -0.1) is 0 Å². The molecule has 0 heterocycles. The molecule has 1 aliphatic carbocycles. The van der Waals surface area contributed by atoms with Crippen molar-refractivity contribution in [1.82, 2.24) is 0 Å². The topological polar surface area (TPSA) is 0 Å². The maximum Gasteiger partial charge on any atom is 0.105 e. The van der Waals surface area contributed by atoms with Crippen molar-refractivity contribution in [2.45, 2.75) is 37.8 Å². The lowest BCUT2D eigenvalue weighted by atomic mass is 9.84. The van der Waals surface area contributed by atoms with E-state index in [9.17, 15) is 0 Å². The molecule has 1 aliphatic rings. The summed E-state index contributed by atoms with van der Waals surface area (Å²) in [7, 11) is 4.68. The molecule has 1 saturated carbocycles. The first kappa shape index (κ1) is 7.24. The molecule has 1 rings (SSSR count). The Hall–Kier alpha value is 0.130. The molecule has 0 radical (unpaired) electrons. The van der Waals surface area contributed by atoms with Crippen LogP contribution in [0.25, 0.3) is 0 Å². The fourth-order valence-electron chi connectivity index (χ4n) is 2.00. The molecule has 0 amide bonds. The molecule has 1 fully saturated rings. The van der Waals surface area contributed by atoms with Crippen molar-refractivity contribution in [1.29, 1.82) is 0 Å². The van der Waals surface area contributed by atoms with Gasteiger partial charge in [0.1, 0.15) is 15.7 Å². The van der Waals surface area contributed by atoms with E-state index in [-0.39, 0.29) is 0 Å². The third-order valence-electron chi connectivity index (χ3n) is 2.50. The maximum absolute atomic E-state index is 2.38. The molecule has 0 nitrogen and oxygen atoms in total. The molecular weight excluding hydrogens is 106 g/mol. The van der Waals surface area contributed by atoms with Gasteiger partial charge < -0.3 is 0 Å². The molecule has 0 bridgehead atoms. The van der Waals surface area contributed by atoms with Gasteiger partial charge in [-0.25, -0.2) is 0 Å². The third-order valence-corrected chi connectivity index (χ3v) is 2.50. The largest absolute Gasteiger partial charge is 0.105 e. The van der Waals surface area contributed by atoms with Crippen LogP contribution >= 0.6 is 0 Å². The van der Waals surface area contributed by atoms with Gasteiger partial charge in [-0.3, -0.25) is 0 Å². The van der Waals surface area contributed by atoms with E-state index >= 15 is 0 Å². The van der Waals surface area contributed by atoms with Crippen molar-refractivity contribution in [3.05, 3.63) is 0 Å². The fourth-order valence-corrected chi connectivity index (χ4v) is 2.00. The second-order valence-corrected chi connectivity index (χ2v) is 3.57. The molecule has 0 aliphatic heterocycles. The van der Waals surface area contributed by atoms with Gasteiger partial charge in [-0.05, 0) is 5.92 Å². The first-order chi connectivity index (χ1) is 4.33. The van der Waals surface area contributed by atoms with E-state index in [4.69, 9.17) is 0 Å². The zero-order chi connectivity index (χ0) is 6.69. The van der Waals surface area contributed by atoms with Crippen LogP contribution in [0.4, 0.5) is 0 Å². The van der Waals surface area contributed by atoms with E-state index < -0.39 is 0 Å². The first-order valence-corrected chi connectivity index (χ1v) is 4.33. The standard InChI is InChI=1S/C7H16B2/c8-4-3-6-1-2-7(9)5-6/h6-7H,1-5,8-9H2. The highest BCUT2D eigenvalue weighted by molar-refractivity contribution is 6.11. The van der Waals surface area contributed by atoms with Crippen LogP contribution in [-0.4, -0.2) is 15.7 Å². The van der Waals surface area contributed by atoms with Crippen LogP contribution < -0.4 is 0 Å². The lowest BCUT2D eigenvalue weighted by molar-refractivity contribution is 0.530. The van der Waals surface area contributed by atoms with Crippen molar-refractivity contribution in [3.8, 4) is 0 Å². The molecule has 0 aromatic carbocycles. The predicted octanol–water partition coefficient (Wildman–Crippen LogP) is 0.650. The van der Waals surface area contributed by atoms with Crippen molar-refractivity contribution in [2.75, 3.05) is 0 Å². The van der Waals surface area contributed by atoms with Crippen molar-refractivity contribution in [3.63, 3.8) is 0 Å². The summed E-state index contributed by atoms with van der Waals surface area (Å²) in [6, 6.07) is 0. The summed E-state index contributed by atoms with van der Waals surface area (Å²) in [6.07, 6.45) is 7.37. The highest BCUT2D eigenvalue weighted by Crippen LogP contribution is 2.35. The molecule has 0 spiro atoms. The van der Waals surface area contributed by atoms with Crippen LogP contribution in [0.2, 0.25) is 12.1 Å². The monoisotopic (exact) mass is 122 g/mol. The summed E-state index contributed by atoms with van der Waals surface area (Å²) in [4.78, 5) is 0. The lowest BCUT2D eigenvalue weighted by Crippen LogP contribution is -1.92. The number of rotatable bonds is 2. The Morgan fingerprint density at radius 2 is 2.11 bits per heavy atom. The van der Waals surface area contributed by atoms with Crippen molar-refractivity contribution in [2.24, 2.45) is 5.92 Å². The summed E-state index contributed by atoms with van der Waals surface area (Å²) in [5, 5.41) is 0. The first-order valence-electron chi connectivity index (χ1n) is 4.33. The average Bonchev–Trinajstić information content (AvgIpc) is 2.17. The summed E-state index contributed by atoms with van der Waals surface area (Å²) in [5.74, 6) is 2.12. The highest BCUT2D eigenvalue weighted by atomic mass is 14.2. The number of hydrogen-bond donors (Lipinski definition) is 0. The zero-order valence-corrected chi connectivity index (χ0v) is 6.69. The van der Waals surface area contributed by atoms with Crippen LogP contribution in [0.1, 0.15) is 25.7 Å². The highest BCUT2D eigenvalue weighted by Gasteiger charge is 2.19. The third kappa shape index (κ3) is 2.08. The summed E-state index contributed by atoms with van der Waals surface area (Å²) in [5.41, 5.74) is 0. The average molecular weight is 122 g/mol. The SMILES string of the molecule is BCCC1CCC(B)C1. The van der Waals surface area contributed by atoms with Crippen LogP contribution in [0.15, 0.2) is 0 Å². The zero-order valence-electron chi connectivity index (χ0n) is 6.69. The van der Waals surface area contributed by atoms with Crippen molar-refractivity contribution >= 4 is 15.7 Å². The Balaban J connectivity index is 2.14. The molecule has 2 unspecified atom stereocenters. The second kappa shape index (κ2) is 3.34. The minimum atomic E-state index is 1.03. The molecule has 9 heavy (non-hydrogen) atoms. The van der Waals surface area contributed by atoms with Crippen LogP contribution in [0, 0.1) is 5.92 Å². The summed E-state index contributed by atoms with van der Waals surface area (Å²) < 4.78 is 0. The van der Waals surface area contributed by atoms with Gasteiger partial charge in [0, 0.05) is 0 Å². The molecule has 0 N–H and O–H groups in total. The molecule has 2 atom stereocenters. The predicted molar refractivity (Wildman–Crippen MR) is 47.6 cm³/mol. The maximum atomic E-state index is 2.38. The van der Waals surface area contributed by atoms with Gasteiger partial charge in [0.05, 0.1) is 0 Å². The van der Waals surface area contributed by atoms with Gasteiger partial charge in [0.2, 0.25) is 0 Å². The minimum absolute atomic E-state index is 1.03. The molecule has 2 heteroatoms. The lowest BCUT2D eigenvalue weighted by Gasteiger charge is -2.05. The number of hydrogen-bond acceptors (Lipinski definition) is 0. The van der Waals surface area contributed by atoms with Crippen molar-refractivity contribution < 1.29 is 0 Å². The van der Waals surface area contributed by atoms with Crippen LogP contribution in [0.3, 0.4) is 0 Å². The normalized spacial score (nSPS) is 35.1. The van der Waals surface area contributed by atoms with E-state index in [0.717, 1.165) is 11.7 Å². The van der Waals surface area contributed by atoms with Gasteiger partial charge in [0.25, 0.3) is 0 Å². The van der Waals surface area contributed by atoms with Gasteiger partial charge in [-0.2, -0.15) is 0 Å². The summed E-state index contributed by atoms with van der Waals surface area (Å²) in [6.45, 7) is 0. The van der Waals surface area contributed by atoms with E-state index in [2.05, 4.69) is 15.7 Å². The quantitative estimate of drug-likeness (QED) is 0.471. The van der Waals surface area contributed by atoms with Gasteiger partial charge in [0.15, 0.2) is 0 Å². The smallest absolute Gasteiger partial charge is 0.0808 e. The molecule has 50 valence electrons. The van der Waals surface area contributed by atoms with Gasteiger partial charge >= 0.3 is 0 Å². The summed E-state index contributed by atoms with van der Waals surface area (Å²) >= 11 is 0. The molecular formula is C7H16B2. The minimum Gasteiger partial charge on any atom is -0.0808 e. The fraction of sp³-hybridized carbons (Fsp3) is 1.00. The van der Waals surface area contributed by atoms with E-state index in [1.807, 2.05) is 0 Å². The Labute approximate surface area is 60.2 Å². The second-order valence-electron chi connectivity index (χ2n) is 3.57. The Morgan fingerprint density at radius 3 is 2.56 bits per heavy atom. The van der Waals surface area contributed by atoms with E-state index in [0.29, 0.717) is 0 Å². The van der Waals surface area contributed by atoms with E-state index in [1.165, 1.54) is 32.0 Å². The molecule has 0 saturated heterocycles. The Kier molecular flexibility index (Phi) is 2.68.